The van der Waals surface area contributed by atoms with Gasteiger partial charge in [-0.3, -0.25) is 4.79 Å². The number of carbonyl (C=O) groups excluding carboxylic acids is 1. The van der Waals surface area contributed by atoms with Crippen LogP contribution in [0.25, 0.3) is 11.4 Å². The van der Waals surface area contributed by atoms with E-state index in [1.807, 2.05) is 0 Å². The van der Waals surface area contributed by atoms with Crippen LogP contribution in [0.4, 0.5) is 8.78 Å². The molecule has 0 unspecified atom stereocenters. The van der Waals surface area contributed by atoms with E-state index in [-0.39, 0.29) is 16.1 Å². The Morgan fingerprint density at radius 2 is 1.95 bits per heavy atom. The highest BCUT2D eigenvalue weighted by molar-refractivity contribution is 9.10. The molecule has 1 aliphatic carbocycles. The molecule has 0 spiro atoms. The van der Waals surface area contributed by atoms with Crippen LogP contribution in [0.3, 0.4) is 0 Å². The molecule has 0 aliphatic heterocycles. The fraction of sp³-hybridized carbons (Fsp3) is 0.214. The van der Waals surface area contributed by atoms with E-state index in [1.165, 1.54) is 12.3 Å². The molecule has 20 heavy (non-hydrogen) atoms. The number of carbonyl (C=O) groups is 1. The Kier molecular flexibility index (Phi) is 3.33. The largest absolute Gasteiger partial charge is 0.294 e. The molecule has 1 aromatic heterocycles. The summed E-state index contributed by atoms with van der Waals surface area (Å²) in [6.45, 7) is 0. The van der Waals surface area contributed by atoms with E-state index < -0.39 is 11.6 Å². The first kappa shape index (κ1) is 13.3. The first-order valence-corrected chi connectivity index (χ1v) is 6.90. The normalized spacial score (nSPS) is 14.2. The van der Waals surface area contributed by atoms with E-state index in [0.717, 1.165) is 12.5 Å². The third kappa shape index (κ3) is 2.14. The maximum atomic E-state index is 13.5. The lowest BCUT2D eigenvalue weighted by Gasteiger charge is -2.14. The van der Waals surface area contributed by atoms with Gasteiger partial charge >= 0.3 is 0 Å². The summed E-state index contributed by atoms with van der Waals surface area (Å²) in [5.41, 5.74) is 1.56. The quantitative estimate of drug-likeness (QED) is 0.744. The van der Waals surface area contributed by atoms with Gasteiger partial charge in [0.1, 0.15) is 0 Å². The van der Waals surface area contributed by atoms with Crippen LogP contribution in [-0.4, -0.2) is 15.8 Å². The van der Waals surface area contributed by atoms with E-state index in [9.17, 15) is 13.6 Å². The fourth-order valence-corrected chi connectivity index (χ4v) is 2.72. The smallest absolute Gasteiger partial charge is 0.173 e. The van der Waals surface area contributed by atoms with Crippen LogP contribution < -0.4 is 0 Å². The van der Waals surface area contributed by atoms with Gasteiger partial charge in [-0.2, -0.15) is 0 Å². The van der Waals surface area contributed by atoms with Crippen molar-refractivity contribution in [2.45, 2.75) is 19.3 Å². The molecule has 1 aliphatic rings. The molecular weight excluding hydrogens is 330 g/mol. The Morgan fingerprint density at radius 1 is 1.15 bits per heavy atom. The second-order valence-corrected chi connectivity index (χ2v) is 5.35. The predicted molar refractivity (Wildman–Crippen MR) is 72.4 cm³/mol. The van der Waals surface area contributed by atoms with Crippen molar-refractivity contribution in [1.82, 2.24) is 9.97 Å². The van der Waals surface area contributed by atoms with Crippen molar-refractivity contribution in [3.05, 3.63) is 45.7 Å². The third-order valence-corrected chi connectivity index (χ3v) is 4.04. The number of fused-ring (bicyclic) bond motifs is 1. The number of aryl methyl sites for hydroxylation is 1. The molecule has 1 aromatic carbocycles. The van der Waals surface area contributed by atoms with E-state index in [2.05, 4.69) is 25.9 Å². The van der Waals surface area contributed by atoms with Crippen molar-refractivity contribution in [2.75, 3.05) is 0 Å². The zero-order valence-electron chi connectivity index (χ0n) is 10.3. The summed E-state index contributed by atoms with van der Waals surface area (Å²) < 4.78 is 26.6. The fourth-order valence-electron chi connectivity index (χ4n) is 2.22. The lowest BCUT2D eigenvalue weighted by molar-refractivity contribution is 0.0971. The van der Waals surface area contributed by atoms with Gasteiger partial charge in [0, 0.05) is 18.2 Å². The minimum absolute atomic E-state index is 0.0143. The lowest BCUT2D eigenvalue weighted by atomic mass is 9.96. The number of Topliss-reactive ketones (excluding diaryl/α,β-unsaturated/α-hetero) is 1. The minimum Gasteiger partial charge on any atom is -0.294 e. The van der Waals surface area contributed by atoms with Crippen molar-refractivity contribution >= 4 is 21.7 Å². The van der Waals surface area contributed by atoms with Gasteiger partial charge < -0.3 is 0 Å². The molecule has 0 saturated heterocycles. The monoisotopic (exact) mass is 338 g/mol. The van der Waals surface area contributed by atoms with E-state index in [0.29, 0.717) is 29.7 Å². The zero-order valence-corrected chi connectivity index (χ0v) is 11.9. The molecule has 2 aromatic rings. The third-order valence-electron chi connectivity index (χ3n) is 3.26. The minimum atomic E-state index is -0.972. The lowest BCUT2D eigenvalue weighted by Crippen LogP contribution is -2.14. The summed E-state index contributed by atoms with van der Waals surface area (Å²) in [5.74, 6) is -1.60. The Bertz CT molecular complexity index is 719. The van der Waals surface area contributed by atoms with Gasteiger partial charge in [-0.1, -0.05) is 0 Å². The first-order chi connectivity index (χ1) is 9.58. The number of benzene rings is 1. The molecule has 3 nitrogen and oxygen atoms in total. The predicted octanol–water partition coefficient (Wildman–Crippen LogP) is 3.70. The number of halogens is 3. The molecule has 6 heteroatoms. The van der Waals surface area contributed by atoms with Gasteiger partial charge in [0.25, 0.3) is 0 Å². The number of nitrogens with zero attached hydrogens (tertiary/aromatic N) is 2. The van der Waals surface area contributed by atoms with Crippen LogP contribution in [0.1, 0.15) is 28.9 Å². The number of ketones is 1. The molecule has 3 rings (SSSR count). The van der Waals surface area contributed by atoms with Gasteiger partial charge in [0.15, 0.2) is 23.2 Å². The van der Waals surface area contributed by atoms with Crippen LogP contribution in [0.2, 0.25) is 0 Å². The summed E-state index contributed by atoms with van der Waals surface area (Å²) >= 11 is 3.01. The SMILES string of the molecule is O=C1CCCc2nc(-c3ccc(F)c(F)c3Br)ncc21. The van der Waals surface area contributed by atoms with Gasteiger partial charge in [0.2, 0.25) is 0 Å². The maximum absolute atomic E-state index is 13.5. The summed E-state index contributed by atoms with van der Waals surface area (Å²) in [7, 11) is 0. The van der Waals surface area contributed by atoms with Crippen molar-refractivity contribution in [3.63, 3.8) is 0 Å². The van der Waals surface area contributed by atoms with Gasteiger partial charge in [0.05, 0.1) is 15.7 Å². The van der Waals surface area contributed by atoms with Crippen LogP contribution >= 0.6 is 15.9 Å². The topological polar surface area (TPSA) is 42.9 Å². The van der Waals surface area contributed by atoms with Crippen LogP contribution in [0.5, 0.6) is 0 Å². The Hall–Kier alpha value is -1.69. The summed E-state index contributed by atoms with van der Waals surface area (Å²) in [6.07, 6.45) is 3.41. The standard InChI is InChI=1S/C14H9BrF2N2O/c15-12-7(4-5-9(16)13(12)17)14-18-6-8-10(19-14)2-1-3-11(8)20/h4-6H,1-3H2. The molecule has 0 saturated carbocycles. The number of rotatable bonds is 1. The summed E-state index contributed by atoms with van der Waals surface area (Å²) in [6, 6.07) is 2.44. The molecule has 1 heterocycles. The highest BCUT2D eigenvalue weighted by atomic mass is 79.9. The van der Waals surface area contributed by atoms with Gasteiger partial charge in [-0.25, -0.2) is 18.7 Å². The molecule has 0 atom stereocenters. The van der Waals surface area contributed by atoms with Crippen molar-refractivity contribution in [1.29, 1.82) is 0 Å². The second-order valence-electron chi connectivity index (χ2n) is 4.55. The Balaban J connectivity index is 2.12. The van der Waals surface area contributed by atoms with Crippen molar-refractivity contribution in [2.24, 2.45) is 0 Å². The highest BCUT2D eigenvalue weighted by Crippen LogP contribution is 2.30. The molecule has 0 amide bonds. The van der Waals surface area contributed by atoms with Gasteiger partial charge in [-0.05, 0) is 40.9 Å². The first-order valence-electron chi connectivity index (χ1n) is 6.11. The van der Waals surface area contributed by atoms with Crippen molar-refractivity contribution < 1.29 is 13.6 Å². The van der Waals surface area contributed by atoms with Crippen molar-refractivity contribution in [3.8, 4) is 11.4 Å². The highest BCUT2D eigenvalue weighted by Gasteiger charge is 2.21. The molecule has 0 fully saturated rings. The molecular formula is C14H9BrF2N2O. The van der Waals surface area contributed by atoms with Crippen LogP contribution in [0, 0.1) is 11.6 Å². The second kappa shape index (κ2) is 5.01. The van der Waals surface area contributed by atoms with E-state index in [1.54, 1.807) is 0 Å². The zero-order chi connectivity index (χ0) is 14.3. The number of hydrogen-bond donors (Lipinski definition) is 0. The average molecular weight is 339 g/mol. The van der Waals surface area contributed by atoms with Crippen LogP contribution in [0.15, 0.2) is 22.8 Å². The Morgan fingerprint density at radius 3 is 2.75 bits per heavy atom. The molecule has 0 N–H and O–H groups in total. The maximum Gasteiger partial charge on any atom is 0.173 e. The number of aromatic nitrogens is 2. The summed E-state index contributed by atoms with van der Waals surface area (Å²) in [4.78, 5) is 20.1. The molecule has 0 radical (unpaired) electrons. The molecule has 0 bridgehead atoms. The Labute approximate surface area is 122 Å². The molecule has 102 valence electrons. The summed E-state index contributed by atoms with van der Waals surface area (Å²) in [5, 5.41) is 0. The van der Waals surface area contributed by atoms with Gasteiger partial charge in [-0.15, -0.1) is 0 Å². The average Bonchev–Trinajstić information content (AvgIpc) is 2.45. The van der Waals surface area contributed by atoms with E-state index in [4.69, 9.17) is 0 Å². The van der Waals surface area contributed by atoms with E-state index >= 15 is 0 Å². The van der Waals surface area contributed by atoms with Crippen LogP contribution in [-0.2, 0) is 6.42 Å². The number of hydrogen-bond acceptors (Lipinski definition) is 3.